The second-order valence-corrected chi connectivity index (χ2v) is 7.98. The second-order valence-electron chi connectivity index (χ2n) is 7.98. The van der Waals surface area contributed by atoms with Gasteiger partial charge in [-0.2, -0.15) is 5.10 Å². The van der Waals surface area contributed by atoms with E-state index in [1.165, 1.54) is 34.3 Å². The number of amides is 1. The van der Waals surface area contributed by atoms with Gasteiger partial charge in [0.05, 0.1) is 18.2 Å². The molecule has 1 saturated heterocycles. The highest BCUT2D eigenvalue weighted by atomic mass is 19.1. The first kappa shape index (κ1) is 21.9. The molecule has 4 heterocycles. The third-order valence-corrected chi connectivity index (χ3v) is 5.67. The smallest absolute Gasteiger partial charge is 0.254 e. The van der Waals surface area contributed by atoms with E-state index in [0.29, 0.717) is 22.4 Å². The van der Waals surface area contributed by atoms with Crippen molar-refractivity contribution in [2.24, 2.45) is 0 Å². The van der Waals surface area contributed by atoms with Crippen molar-refractivity contribution in [3.05, 3.63) is 60.7 Å². The molecule has 1 aliphatic rings. The number of nitrogen functional groups attached to an aromatic ring is 1. The van der Waals surface area contributed by atoms with E-state index in [1.54, 1.807) is 36.3 Å². The largest absolute Gasteiger partial charge is 0.387 e. The van der Waals surface area contributed by atoms with Gasteiger partial charge in [0.15, 0.2) is 23.8 Å². The van der Waals surface area contributed by atoms with Gasteiger partial charge in [0.2, 0.25) is 0 Å². The van der Waals surface area contributed by atoms with Gasteiger partial charge >= 0.3 is 0 Å². The van der Waals surface area contributed by atoms with Gasteiger partial charge in [-0.1, -0.05) is 0 Å². The molecule has 5 rings (SSSR count). The number of hydrogen-bond acceptors (Lipinski definition) is 9. The van der Waals surface area contributed by atoms with Gasteiger partial charge in [-0.15, -0.1) is 0 Å². The van der Waals surface area contributed by atoms with Crippen molar-refractivity contribution in [1.29, 1.82) is 0 Å². The van der Waals surface area contributed by atoms with Gasteiger partial charge in [-0.3, -0.25) is 9.36 Å². The van der Waals surface area contributed by atoms with Crippen molar-refractivity contribution in [2.75, 3.05) is 12.8 Å². The number of imidazole rings is 1. The molecule has 1 amide bonds. The number of aliphatic hydroxyl groups is 2. The number of aromatic nitrogens is 6. The maximum atomic E-state index is 13.1. The number of hydrogen-bond donors (Lipinski definition) is 3. The molecular weight excluding hydrogens is 447 g/mol. The number of rotatable bonds is 5. The highest BCUT2D eigenvalue weighted by molar-refractivity contribution is 5.82. The van der Waals surface area contributed by atoms with Gasteiger partial charge in [-0.25, -0.2) is 24.0 Å². The Kier molecular flexibility index (Phi) is 5.43. The quantitative estimate of drug-likeness (QED) is 0.367. The molecule has 1 aliphatic heterocycles. The van der Waals surface area contributed by atoms with Crippen LogP contribution in [-0.2, 0) is 16.1 Å². The number of likely N-dealkylation sites (N-methyl/N-ethyl adjacent to an activating group) is 1. The van der Waals surface area contributed by atoms with Crippen LogP contribution in [0.5, 0.6) is 0 Å². The molecule has 0 radical (unpaired) electrons. The van der Waals surface area contributed by atoms with Crippen molar-refractivity contribution in [3.8, 4) is 5.69 Å². The number of ether oxygens (including phenoxy) is 1. The Morgan fingerprint density at radius 2 is 1.97 bits per heavy atom. The van der Waals surface area contributed by atoms with Crippen LogP contribution < -0.4 is 5.73 Å². The van der Waals surface area contributed by atoms with Crippen LogP contribution in [0.25, 0.3) is 16.9 Å². The van der Waals surface area contributed by atoms with Crippen LogP contribution in [0.1, 0.15) is 11.8 Å². The summed E-state index contributed by atoms with van der Waals surface area (Å²) in [4.78, 5) is 26.5. The molecule has 4 N–H and O–H groups in total. The van der Waals surface area contributed by atoms with Gasteiger partial charge in [0.1, 0.15) is 29.9 Å². The molecule has 4 atom stereocenters. The van der Waals surface area contributed by atoms with Crippen molar-refractivity contribution in [1.82, 2.24) is 34.2 Å². The van der Waals surface area contributed by atoms with E-state index >= 15 is 0 Å². The summed E-state index contributed by atoms with van der Waals surface area (Å²) in [5, 5.41) is 25.4. The standard InChI is InChI=1S/C21H21FN8O4/c1-28(7-11-6-27-30(8-11)13-4-2-12(22)3-5-13)20(33)17-15(31)16(32)21(34-17)29-10-26-14-18(23)24-9-25-19(14)29/h2-6,8-10,15-17,21,31-32H,7H2,1H3,(H2,23,24,25)/t15-,16+,17-,21+/m0/s1. The van der Waals surface area contributed by atoms with E-state index in [4.69, 9.17) is 10.5 Å². The predicted molar refractivity (Wildman–Crippen MR) is 116 cm³/mol. The minimum atomic E-state index is -1.47. The third-order valence-electron chi connectivity index (χ3n) is 5.67. The monoisotopic (exact) mass is 468 g/mol. The van der Waals surface area contributed by atoms with Gasteiger partial charge < -0.3 is 25.6 Å². The summed E-state index contributed by atoms with van der Waals surface area (Å²) in [6, 6.07) is 5.83. The number of benzene rings is 1. The summed E-state index contributed by atoms with van der Waals surface area (Å²) in [5.74, 6) is -0.718. The molecule has 3 aromatic heterocycles. The Morgan fingerprint density at radius 3 is 2.74 bits per heavy atom. The Balaban J connectivity index is 1.30. The Morgan fingerprint density at radius 1 is 1.21 bits per heavy atom. The van der Waals surface area contributed by atoms with Gasteiger partial charge in [0.25, 0.3) is 5.91 Å². The van der Waals surface area contributed by atoms with E-state index in [1.807, 2.05) is 0 Å². The summed E-state index contributed by atoms with van der Waals surface area (Å²) in [5.41, 5.74) is 7.79. The summed E-state index contributed by atoms with van der Waals surface area (Å²) in [6.45, 7) is 0.172. The lowest BCUT2D eigenvalue weighted by Crippen LogP contribution is -2.43. The normalized spacial score (nSPS) is 22.4. The molecule has 0 saturated carbocycles. The van der Waals surface area contributed by atoms with Crippen LogP contribution in [-0.4, -0.2) is 75.7 Å². The molecule has 4 aromatic rings. The van der Waals surface area contributed by atoms with E-state index in [2.05, 4.69) is 20.1 Å². The number of halogens is 1. The number of nitrogens with two attached hydrogens (primary N) is 1. The van der Waals surface area contributed by atoms with Gasteiger partial charge in [0, 0.05) is 25.4 Å². The fraction of sp³-hybridized carbons (Fsp3) is 0.286. The van der Waals surface area contributed by atoms with Crippen molar-refractivity contribution in [2.45, 2.75) is 31.1 Å². The lowest BCUT2D eigenvalue weighted by molar-refractivity contribution is -0.147. The molecule has 176 valence electrons. The maximum Gasteiger partial charge on any atom is 0.254 e. The zero-order chi connectivity index (χ0) is 24.0. The van der Waals surface area contributed by atoms with Crippen molar-refractivity contribution >= 4 is 22.9 Å². The van der Waals surface area contributed by atoms with Crippen LogP contribution in [0, 0.1) is 5.82 Å². The average Bonchev–Trinajstić information content (AvgIpc) is 3.53. The van der Waals surface area contributed by atoms with Crippen LogP contribution in [0.3, 0.4) is 0 Å². The number of carbonyl (C=O) groups excluding carboxylic acids is 1. The van der Waals surface area contributed by atoms with E-state index in [0.717, 1.165) is 0 Å². The summed E-state index contributed by atoms with van der Waals surface area (Å²) in [7, 11) is 1.55. The third kappa shape index (κ3) is 3.75. The molecule has 13 heteroatoms. The first-order valence-corrected chi connectivity index (χ1v) is 10.3. The minimum absolute atomic E-state index is 0.158. The van der Waals surface area contributed by atoms with E-state index in [-0.39, 0.29) is 18.2 Å². The first-order valence-electron chi connectivity index (χ1n) is 10.3. The molecule has 0 bridgehead atoms. The molecule has 1 aromatic carbocycles. The first-order chi connectivity index (χ1) is 16.3. The van der Waals surface area contributed by atoms with Crippen LogP contribution in [0.4, 0.5) is 10.2 Å². The van der Waals surface area contributed by atoms with Crippen molar-refractivity contribution < 1.29 is 24.1 Å². The predicted octanol–water partition coefficient (Wildman–Crippen LogP) is 0.0111. The lowest BCUT2D eigenvalue weighted by atomic mass is 10.1. The van der Waals surface area contributed by atoms with Crippen LogP contribution in [0.15, 0.2) is 49.3 Å². The fourth-order valence-corrected chi connectivity index (χ4v) is 3.90. The summed E-state index contributed by atoms with van der Waals surface area (Å²) >= 11 is 0. The minimum Gasteiger partial charge on any atom is -0.387 e. The molecule has 0 spiro atoms. The Hall–Kier alpha value is -3.94. The average molecular weight is 468 g/mol. The molecule has 1 fully saturated rings. The van der Waals surface area contributed by atoms with Crippen molar-refractivity contribution in [3.63, 3.8) is 0 Å². The zero-order valence-electron chi connectivity index (χ0n) is 17.9. The molecular formula is C21H21FN8O4. The number of carbonyl (C=O) groups is 1. The molecule has 0 unspecified atom stereocenters. The lowest BCUT2D eigenvalue weighted by Gasteiger charge is -2.22. The van der Waals surface area contributed by atoms with Gasteiger partial charge in [-0.05, 0) is 24.3 Å². The topological polar surface area (TPSA) is 157 Å². The Labute approximate surface area is 192 Å². The maximum absolute atomic E-state index is 13.1. The number of anilines is 1. The second kappa shape index (κ2) is 8.44. The van der Waals surface area contributed by atoms with Crippen LogP contribution >= 0.6 is 0 Å². The Bertz CT molecular complexity index is 1340. The molecule has 34 heavy (non-hydrogen) atoms. The zero-order valence-corrected chi connectivity index (χ0v) is 17.9. The molecule has 12 nitrogen and oxygen atoms in total. The SMILES string of the molecule is CN(Cc1cnn(-c2ccc(F)cc2)c1)C(=O)[C@H]1O[C@@H](n2cnc3c(N)ncnc32)[C@H](O)[C@@H]1O. The van der Waals surface area contributed by atoms with E-state index < -0.39 is 30.4 Å². The van der Waals surface area contributed by atoms with E-state index in [9.17, 15) is 19.4 Å². The highest BCUT2D eigenvalue weighted by Crippen LogP contribution is 2.32. The summed E-state index contributed by atoms with van der Waals surface area (Å²) in [6.07, 6.45) is 0.607. The van der Waals surface area contributed by atoms with Crippen LogP contribution in [0.2, 0.25) is 0 Å². The number of fused-ring (bicyclic) bond motifs is 1. The highest BCUT2D eigenvalue weighted by Gasteiger charge is 2.48. The molecule has 0 aliphatic carbocycles. The fourth-order valence-electron chi connectivity index (χ4n) is 3.90. The summed E-state index contributed by atoms with van der Waals surface area (Å²) < 4.78 is 21.9. The number of aliphatic hydroxyl groups excluding tert-OH is 2. The number of nitrogens with zero attached hydrogens (tertiary/aromatic N) is 7.